The van der Waals surface area contributed by atoms with E-state index in [1.54, 1.807) is 0 Å². The quantitative estimate of drug-likeness (QED) is 0.311. The summed E-state index contributed by atoms with van der Waals surface area (Å²) in [6.07, 6.45) is -18.9. The minimum absolute atomic E-state index is 0.236. The van der Waals surface area contributed by atoms with Crippen LogP contribution in [-0.4, -0.2) is 29.8 Å². The summed E-state index contributed by atoms with van der Waals surface area (Å²) in [5, 5.41) is 0. The van der Waals surface area contributed by atoms with Crippen molar-refractivity contribution in [1.82, 2.24) is 0 Å². The molecule has 0 atom stereocenters. The molecular weight excluding hydrogens is 355 g/mol. The third-order valence-corrected chi connectivity index (χ3v) is 6.27. The first kappa shape index (κ1) is 20.3. The second-order valence-corrected chi connectivity index (χ2v) is 7.66. The summed E-state index contributed by atoms with van der Waals surface area (Å²) in [5.41, 5.74) is -15.0. The van der Waals surface area contributed by atoms with Crippen LogP contribution in [0.4, 0.5) is 52.3 Å². The molecule has 0 aliphatic carbocycles. The van der Waals surface area contributed by atoms with Crippen LogP contribution >= 0.6 is 7.22 Å². The van der Waals surface area contributed by atoms with Crippen molar-refractivity contribution < 1.29 is 52.3 Å². The standard InChI is InChI=1S/C8H7F12P/c1-2-3-4-21(19,20,7(15,16)5(9,10)11)8(17,18)6(12,13)14/h2H,1,3-4H2. The molecule has 21 heavy (non-hydrogen) atoms. The van der Waals surface area contributed by atoms with E-state index in [9.17, 15) is 52.3 Å². The first-order valence-electron chi connectivity index (χ1n) is 4.81. The van der Waals surface area contributed by atoms with Crippen LogP contribution in [0.3, 0.4) is 0 Å². The van der Waals surface area contributed by atoms with E-state index in [0.29, 0.717) is 0 Å². The van der Waals surface area contributed by atoms with E-state index in [1.165, 1.54) is 0 Å². The molecule has 0 aromatic heterocycles. The summed E-state index contributed by atoms with van der Waals surface area (Å²) in [6, 6.07) is 0. The van der Waals surface area contributed by atoms with Gasteiger partial charge in [0, 0.05) is 0 Å². The van der Waals surface area contributed by atoms with Crippen LogP contribution in [0.1, 0.15) is 6.42 Å². The topological polar surface area (TPSA) is 0 Å². The predicted octanol–water partition coefficient (Wildman–Crippen LogP) is 6.20. The molecule has 0 fully saturated rings. The Morgan fingerprint density at radius 1 is 0.714 bits per heavy atom. The van der Waals surface area contributed by atoms with Gasteiger partial charge in [-0.05, 0) is 0 Å². The van der Waals surface area contributed by atoms with Crippen LogP contribution in [0.5, 0.6) is 0 Å². The predicted molar refractivity (Wildman–Crippen MR) is 50.8 cm³/mol. The Bertz CT molecular complexity index is 372. The van der Waals surface area contributed by atoms with Crippen molar-refractivity contribution in [2.75, 3.05) is 6.16 Å². The number of rotatable bonds is 5. The molecule has 0 unspecified atom stereocenters. The second kappa shape index (κ2) is 4.92. The van der Waals surface area contributed by atoms with Crippen LogP contribution in [0.2, 0.25) is 0 Å². The first-order chi connectivity index (χ1) is 8.86. The monoisotopic (exact) mass is 362 g/mol. The van der Waals surface area contributed by atoms with Crippen LogP contribution in [0.25, 0.3) is 0 Å². The van der Waals surface area contributed by atoms with Gasteiger partial charge in [0.05, 0.1) is 0 Å². The molecule has 0 spiro atoms. The molecule has 13 heteroatoms. The molecule has 0 saturated heterocycles. The molecule has 0 amide bonds. The first-order valence-corrected chi connectivity index (χ1v) is 7.01. The van der Waals surface area contributed by atoms with Crippen LogP contribution < -0.4 is 0 Å². The Hall–Kier alpha value is -0.670. The van der Waals surface area contributed by atoms with Gasteiger partial charge in [-0.15, -0.1) is 0 Å². The average Bonchev–Trinajstić information content (AvgIpc) is 2.23. The molecular formula is C8H7F12P. The Morgan fingerprint density at radius 3 is 1.19 bits per heavy atom. The average molecular weight is 362 g/mol. The summed E-state index contributed by atoms with van der Waals surface area (Å²) in [5.74, 6) is 0. The number of allylic oxidation sites excluding steroid dienone is 1. The van der Waals surface area contributed by atoms with E-state index >= 15 is 0 Å². The van der Waals surface area contributed by atoms with Crippen molar-refractivity contribution in [3.8, 4) is 0 Å². The zero-order valence-corrected chi connectivity index (χ0v) is 10.6. The minimum atomic E-state index is -9.99. The van der Waals surface area contributed by atoms with Crippen LogP contribution in [0, 0.1) is 0 Å². The molecule has 128 valence electrons. The maximum atomic E-state index is 13.7. The molecule has 0 saturated carbocycles. The summed E-state index contributed by atoms with van der Waals surface area (Å²) >= 11 is 0. The van der Waals surface area contributed by atoms with Gasteiger partial charge >= 0.3 is 108 Å². The zero-order valence-electron chi connectivity index (χ0n) is 9.68. The Labute approximate surface area is 110 Å². The van der Waals surface area contributed by atoms with Crippen molar-refractivity contribution in [2.24, 2.45) is 0 Å². The van der Waals surface area contributed by atoms with E-state index in [0.717, 1.165) is 0 Å². The van der Waals surface area contributed by atoms with E-state index < -0.39 is 43.5 Å². The van der Waals surface area contributed by atoms with Gasteiger partial charge in [-0.3, -0.25) is 0 Å². The Balaban J connectivity index is 6.52. The number of halogens is 12. The van der Waals surface area contributed by atoms with Crippen LogP contribution in [-0.2, 0) is 0 Å². The van der Waals surface area contributed by atoms with Gasteiger partial charge in [0.2, 0.25) is 0 Å². The zero-order chi connectivity index (χ0) is 17.6. The number of hydrogen-bond donors (Lipinski definition) is 0. The van der Waals surface area contributed by atoms with Gasteiger partial charge in [-0.1, -0.05) is 0 Å². The van der Waals surface area contributed by atoms with Crippen molar-refractivity contribution >= 4 is 7.22 Å². The number of hydrogen-bond acceptors (Lipinski definition) is 0. The van der Waals surface area contributed by atoms with Crippen LogP contribution in [0.15, 0.2) is 12.7 Å². The molecule has 0 bridgehead atoms. The third kappa shape index (κ3) is 2.59. The maximum absolute atomic E-state index is 13.7. The summed E-state index contributed by atoms with van der Waals surface area (Å²) in [4.78, 5) is 0. The molecule has 0 aliphatic rings. The molecule has 0 aliphatic heterocycles. The summed E-state index contributed by atoms with van der Waals surface area (Å²) in [6.45, 7) is 2.62. The van der Waals surface area contributed by atoms with Gasteiger partial charge in [-0.25, -0.2) is 0 Å². The van der Waals surface area contributed by atoms with Gasteiger partial charge in [0.15, 0.2) is 0 Å². The fraction of sp³-hybridized carbons (Fsp3) is 0.750. The Kier molecular flexibility index (Phi) is 4.76. The summed E-state index contributed by atoms with van der Waals surface area (Å²) < 4.78 is 151. The third-order valence-electron chi connectivity index (χ3n) is 2.51. The molecule has 0 aromatic rings. The fourth-order valence-corrected chi connectivity index (χ4v) is 3.82. The molecule has 0 rings (SSSR count). The van der Waals surface area contributed by atoms with Gasteiger partial charge in [0.25, 0.3) is 0 Å². The molecule has 0 N–H and O–H groups in total. The Morgan fingerprint density at radius 2 is 1.00 bits per heavy atom. The van der Waals surface area contributed by atoms with E-state index in [-0.39, 0.29) is 6.08 Å². The van der Waals surface area contributed by atoms with Gasteiger partial charge in [0.1, 0.15) is 0 Å². The molecule has 0 radical (unpaired) electrons. The molecule has 0 heterocycles. The van der Waals surface area contributed by atoms with Gasteiger partial charge < -0.3 is 0 Å². The van der Waals surface area contributed by atoms with Crippen molar-refractivity contribution in [2.45, 2.75) is 30.1 Å². The summed E-state index contributed by atoms with van der Waals surface area (Å²) in [7, 11) is -9.99. The fourth-order valence-electron chi connectivity index (χ4n) is 1.27. The van der Waals surface area contributed by atoms with Gasteiger partial charge in [-0.2, -0.15) is 0 Å². The van der Waals surface area contributed by atoms with Crippen molar-refractivity contribution in [1.29, 1.82) is 0 Å². The van der Waals surface area contributed by atoms with E-state index in [2.05, 4.69) is 6.58 Å². The molecule has 0 aromatic carbocycles. The van der Waals surface area contributed by atoms with Crippen molar-refractivity contribution in [3.63, 3.8) is 0 Å². The van der Waals surface area contributed by atoms with E-state index in [4.69, 9.17) is 0 Å². The van der Waals surface area contributed by atoms with Crippen molar-refractivity contribution in [3.05, 3.63) is 12.7 Å². The second-order valence-electron chi connectivity index (χ2n) is 3.95. The molecule has 0 nitrogen and oxygen atoms in total. The SMILES string of the molecule is C=CCCP(F)(F)(C(F)(F)C(F)(F)F)C(F)(F)C(F)(F)F. The van der Waals surface area contributed by atoms with E-state index in [1.807, 2.05) is 0 Å². The normalized spacial score (nSPS) is 17.2. The number of alkyl halides is 10.